The van der Waals surface area contributed by atoms with Crippen molar-refractivity contribution >= 4 is 16.9 Å². The number of aromatic amines is 2. The summed E-state index contributed by atoms with van der Waals surface area (Å²) in [5.41, 5.74) is 2.46. The van der Waals surface area contributed by atoms with E-state index >= 15 is 0 Å². The van der Waals surface area contributed by atoms with Crippen molar-refractivity contribution < 1.29 is 9.53 Å². The molecule has 0 radical (unpaired) electrons. The third-order valence-corrected chi connectivity index (χ3v) is 4.42. The van der Waals surface area contributed by atoms with E-state index in [0.29, 0.717) is 49.5 Å². The number of aromatic nitrogens is 5. The first kappa shape index (κ1) is 16.4. The number of rotatable bonds is 3. The van der Waals surface area contributed by atoms with Gasteiger partial charge in [-0.05, 0) is 24.6 Å². The van der Waals surface area contributed by atoms with Crippen LogP contribution in [0.15, 0.2) is 35.4 Å². The lowest BCUT2D eigenvalue weighted by Crippen LogP contribution is -2.36. The van der Waals surface area contributed by atoms with Crippen LogP contribution in [0.2, 0.25) is 0 Å². The van der Waals surface area contributed by atoms with Crippen LogP contribution in [0, 0.1) is 5.92 Å². The van der Waals surface area contributed by atoms with Gasteiger partial charge in [-0.25, -0.2) is 4.98 Å². The molecule has 1 aliphatic heterocycles. The Bertz CT molecular complexity index is 982. The maximum atomic E-state index is 12.9. The van der Waals surface area contributed by atoms with Crippen LogP contribution in [-0.4, -0.2) is 62.5 Å². The van der Waals surface area contributed by atoms with Gasteiger partial charge in [0.2, 0.25) is 0 Å². The Morgan fingerprint density at radius 2 is 2.15 bits per heavy atom. The van der Waals surface area contributed by atoms with Crippen molar-refractivity contribution in [2.45, 2.75) is 6.42 Å². The van der Waals surface area contributed by atoms with E-state index < -0.39 is 0 Å². The van der Waals surface area contributed by atoms with E-state index in [0.717, 1.165) is 5.52 Å². The first-order valence-electron chi connectivity index (χ1n) is 8.40. The van der Waals surface area contributed by atoms with Crippen LogP contribution in [0.5, 0.6) is 0 Å². The molecule has 4 rings (SSSR count). The zero-order valence-corrected chi connectivity index (χ0v) is 14.0. The van der Waals surface area contributed by atoms with Gasteiger partial charge in [0.05, 0.1) is 19.5 Å². The minimum absolute atomic E-state index is 0.0655. The number of nitrogens with one attached hydrogen (secondary N) is 2. The highest BCUT2D eigenvalue weighted by Gasteiger charge is 2.24. The molecule has 0 bridgehead atoms. The van der Waals surface area contributed by atoms with Crippen LogP contribution >= 0.6 is 0 Å². The Balaban J connectivity index is 1.51. The lowest BCUT2D eigenvalue weighted by Gasteiger charge is -2.23. The summed E-state index contributed by atoms with van der Waals surface area (Å²) >= 11 is 0. The fraction of sp³-hybridized carbons (Fsp3) is 0.353. The van der Waals surface area contributed by atoms with Crippen molar-refractivity contribution in [3.63, 3.8) is 0 Å². The standard InChI is InChI=1S/C17H18N6O3/c24-16-7-13(18-10-19-16)5-11-8-23(3-4-26-9-11)17(25)12-1-2-14-15(6-12)21-22-20-14/h1-2,6-7,10-11H,3-5,8-9H2,(H,18,19,24)(H,20,21,22)/t11-/m1/s1. The topological polar surface area (TPSA) is 117 Å². The summed E-state index contributed by atoms with van der Waals surface area (Å²) in [6.07, 6.45) is 1.97. The summed E-state index contributed by atoms with van der Waals surface area (Å²) in [4.78, 5) is 32.8. The summed E-state index contributed by atoms with van der Waals surface area (Å²) in [5.74, 6) is 0.01000. The van der Waals surface area contributed by atoms with Gasteiger partial charge in [-0.3, -0.25) is 9.59 Å². The van der Waals surface area contributed by atoms with E-state index in [2.05, 4.69) is 25.4 Å². The SMILES string of the molecule is O=C(c1ccc2n[nH]nc2c1)N1CCOC[C@H](Cc2cc(=O)[nH]cn2)C1. The molecule has 1 saturated heterocycles. The second-order valence-corrected chi connectivity index (χ2v) is 6.33. The zero-order chi connectivity index (χ0) is 17.9. The van der Waals surface area contributed by atoms with Gasteiger partial charge >= 0.3 is 0 Å². The van der Waals surface area contributed by atoms with Crippen molar-refractivity contribution in [2.24, 2.45) is 5.92 Å². The molecular weight excluding hydrogens is 336 g/mol. The van der Waals surface area contributed by atoms with Crippen LogP contribution in [0.1, 0.15) is 16.1 Å². The molecule has 3 heterocycles. The van der Waals surface area contributed by atoms with E-state index in [1.165, 1.54) is 12.4 Å². The molecule has 0 unspecified atom stereocenters. The van der Waals surface area contributed by atoms with Gasteiger partial charge in [-0.15, -0.1) is 0 Å². The highest BCUT2D eigenvalue weighted by molar-refractivity contribution is 5.97. The average Bonchev–Trinajstić information content (AvgIpc) is 2.99. The van der Waals surface area contributed by atoms with Crippen molar-refractivity contribution in [1.29, 1.82) is 0 Å². The predicted octanol–water partition coefficient (Wildman–Crippen LogP) is 0.372. The second-order valence-electron chi connectivity index (χ2n) is 6.33. The number of hydrogen-bond acceptors (Lipinski definition) is 6. The van der Waals surface area contributed by atoms with Crippen LogP contribution < -0.4 is 5.56 Å². The van der Waals surface area contributed by atoms with E-state index in [1.807, 2.05) is 0 Å². The van der Waals surface area contributed by atoms with Crippen LogP contribution in [0.25, 0.3) is 11.0 Å². The lowest BCUT2D eigenvalue weighted by atomic mass is 10.0. The highest BCUT2D eigenvalue weighted by Crippen LogP contribution is 2.17. The Labute approximate surface area is 148 Å². The number of fused-ring (bicyclic) bond motifs is 1. The molecule has 134 valence electrons. The molecule has 9 heteroatoms. The number of benzene rings is 1. The van der Waals surface area contributed by atoms with Crippen LogP contribution in [0.4, 0.5) is 0 Å². The average molecular weight is 354 g/mol. The smallest absolute Gasteiger partial charge is 0.254 e. The molecule has 1 amide bonds. The molecule has 0 spiro atoms. The molecular formula is C17H18N6O3. The largest absolute Gasteiger partial charge is 0.379 e. The fourth-order valence-electron chi connectivity index (χ4n) is 3.16. The Morgan fingerprint density at radius 1 is 1.27 bits per heavy atom. The van der Waals surface area contributed by atoms with E-state index in [-0.39, 0.29) is 17.4 Å². The molecule has 1 atom stereocenters. The maximum absolute atomic E-state index is 12.9. The van der Waals surface area contributed by atoms with Crippen LogP contribution in [-0.2, 0) is 11.2 Å². The normalized spacial score (nSPS) is 18.0. The first-order valence-corrected chi connectivity index (χ1v) is 8.40. The van der Waals surface area contributed by atoms with Gasteiger partial charge in [0.15, 0.2) is 0 Å². The number of carbonyl (C=O) groups is 1. The lowest BCUT2D eigenvalue weighted by molar-refractivity contribution is 0.0737. The molecule has 2 aromatic heterocycles. The predicted molar refractivity (Wildman–Crippen MR) is 92.7 cm³/mol. The second kappa shape index (κ2) is 7.04. The Kier molecular flexibility index (Phi) is 4.44. The quantitative estimate of drug-likeness (QED) is 0.702. The summed E-state index contributed by atoms with van der Waals surface area (Å²) < 4.78 is 5.65. The van der Waals surface area contributed by atoms with E-state index in [9.17, 15) is 9.59 Å². The number of hydrogen-bond donors (Lipinski definition) is 2. The van der Waals surface area contributed by atoms with Crippen molar-refractivity contribution in [3.05, 3.63) is 52.2 Å². The van der Waals surface area contributed by atoms with Gasteiger partial charge in [-0.1, -0.05) is 0 Å². The van der Waals surface area contributed by atoms with E-state index in [4.69, 9.17) is 4.74 Å². The molecule has 2 N–H and O–H groups in total. The Hall–Kier alpha value is -3.07. The molecule has 26 heavy (non-hydrogen) atoms. The summed E-state index contributed by atoms with van der Waals surface area (Å²) in [6.45, 7) is 2.08. The highest BCUT2D eigenvalue weighted by atomic mass is 16.5. The number of H-pyrrole nitrogens is 2. The van der Waals surface area contributed by atoms with Gasteiger partial charge < -0.3 is 14.6 Å². The van der Waals surface area contributed by atoms with E-state index in [1.54, 1.807) is 23.1 Å². The minimum Gasteiger partial charge on any atom is -0.379 e. The molecule has 1 aliphatic rings. The number of amides is 1. The maximum Gasteiger partial charge on any atom is 0.254 e. The molecule has 1 fully saturated rings. The van der Waals surface area contributed by atoms with Gasteiger partial charge in [0.1, 0.15) is 11.0 Å². The van der Waals surface area contributed by atoms with Crippen molar-refractivity contribution in [1.82, 2.24) is 30.3 Å². The first-order chi connectivity index (χ1) is 12.7. The number of ether oxygens (including phenoxy) is 1. The number of carbonyl (C=O) groups excluding carboxylic acids is 1. The summed E-state index contributed by atoms with van der Waals surface area (Å²) in [7, 11) is 0. The third kappa shape index (κ3) is 3.47. The third-order valence-electron chi connectivity index (χ3n) is 4.42. The van der Waals surface area contributed by atoms with Gasteiger partial charge in [0, 0.05) is 36.3 Å². The van der Waals surface area contributed by atoms with Crippen molar-refractivity contribution in [2.75, 3.05) is 26.3 Å². The Morgan fingerprint density at radius 3 is 3.04 bits per heavy atom. The summed E-state index contributed by atoms with van der Waals surface area (Å²) in [6, 6.07) is 6.75. The molecule has 3 aromatic rings. The molecule has 1 aromatic carbocycles. The molecule has 9 nitrogen and oxygen atoms in total. The number of nitrogens with zero attached hydrogens (tertiary/aromatic N) is 4. The minimum atomic E-state index is -0.182. The van der Waals surface area contributed by atoms with Crippen LogP contribution in [0.3, 0.4) is 0 Å². The van der Waals surface area contributed by atoms with Crippen molar-refractivity contribution in [3.8, 4) is 0 Å². The molecule has 0 aliphatic carbocycles. The zero-order valence-electron chi connectivity index (χ0n) is 14.0. The van der Waals surface area contributed by atoms with Gasteiger partial charge in [-0.2, -0.15) is 15.4 Å². The fourth-order valence-corrected chi connectivity index (χ4v) is 3.16. The van der Waals surface area contributed by atoms with Gasteiger partial charge in [0.25, 0.3) is 11.5 Å². The molecule has 0 saturated carbocycles. The summed E-state index contributed by atoms with van der Waals surface area (Å²) in [5, 5.41) is 10.6. The monoisotopic (exact) mass is 354 g/mol.